The smallest absolute Gasteiger partial charge is 0.0597 e. The number of hydrogen-bond acceptors (Lipinski definition) is 1. The van der Waals surface area contributed by atoms with Crippen molar-refractivity contribution in [2.24, 2.45) is 11.8 Å². The van der Waals surface area contributed by atoms with E-state index in [9.17, 15) is 5.11 Å². The van der Waals surface area contributed by atoms with E-state index in [1.807, 2.05) is 20.3 Å². The van der Waals surface area contributed by atoms with Crippen LogP contribution >= 0.6 is 0 Å². The Morgan fingerprint density at radius 3 is 1.67 bits per heavy atom. The van der Waals surface area contributed by atoms with Crippen LogP contribution in [-0.4, -0.2) is 11.2 Å². The summed E-state index contributed by atoms with van der Waals surface area (Å²) in [5.41, 5.74) is 0. The minimum absolute atomic E-state index is 0.231. The zero-order valence-corrected chi connectivity index (χ0v) is 6.76. The molecule has 1 radical (unpaired) electrons. The number of hydrogen-bond donors (Lipinski definition) is 1. The summed E-state index contributed by atoms with van der Waals surface area (Å²) in [5.74, 6) is 0.842. The zero-order chi connectivity index (χ0) is 7.44. The summed E-state index contributed by atoms with van der Waals surface area (Å²) < 4.78 is 0. The third-order valence-corrected chi connectivity index (χ3v) is 1.27. The highest BCUT2D eigenvalue weighted by Crippen LogP contribution is 2.10. The van der Waals surface area contributed by atoms with E-state index in [-0.39, 0.29) is 6.10 Å². The topological polar surface area (TPSA) is 20.2 Å². The highest BCUT2D eigenvalue weighted by molar-refractivity contribution is 4.80. The summed E-state index contributed by atoms with van der Waals surface area (Å²) in [4.78, 5) is 0. The Kier molecular flexibility index (Phi) is 3.87. The molecule has 0 aliphatic rings. The van der Waals surface area contributed by atoms with Crippen LogP contribution in [0.1, 0.15) is 27.7 Å². The van der Waals surface area contributed by atoms with Crippen molar-refractivity contribution in [3.05, 3.63) is 6.42 Å². The van der Waals surface area contributed by atoms with Crippen molar-refractivity contribution in [3.8, 4) is 0 Å². The maximum absolute atomic E-state index is 9.24. The van der Waals surface area contributed by atoms with Crippen molar-refractivity contribution < 1.29 is 5.11 Å². The highest BCUT2D eigenvalue weighted by Gasteiger charge is 2.10. The molecule has 0 saturated heterocycles. The molecule has 1 atom stereocenters. The van der Waals surface area contributed by atoms with Gasteiger partial charge in [0, 0.05) is 0 Å². The maximum atomic E-state index is 9.24. The van der Waals surface area contributed by atoms with Crippen LogP contribution in [-0.2, 0) is 0 Å². The Balaban J connectivity index is 3.38. The molecule has 1 nitrogen and oxygen atoms in total. The van der Waals surface area contributed by atoms with Crippen LogP contribution < -0.4 is 0 Å². The molecule has 0 rings (SSSR count). The third-order valence-electron chi connectivity index (χ3n) is 1.27. The van der Waals surface area contributed by atoms with E-state index < -0.39 is 0 Å². The molecule has 0 unspecified atom stereocenters. The van der Waals surface area contributed by atoms with Gasteiger partial charge < -0.3 is 5.11 Å². The Morgan fingerprint density at radius 1 is 1.11 bits per heavy atom. The SMILES string of the molecule is CC(C)[CH][C@@H](O)C(C)C. The van der Waals surface area contributed by atoms with Crippen molar-refractivity contribution in [2.45, 2.75) is 33.8 Å². The fraction of sp³-hybridized carbons (Fsp3) is 0.875. The van der Waals surface area contributed by atoms with Crippen LogP contribution in [0.3, 0.4) is 0 Å². The largest absolute Gasteiger partial charge is 0.393 e. The van der Waals surface area contributed by atoms with Crippen molar-refractivity contribution >= 4 is 0 Å². The van der Waals surface area contributed by atoms with Gasteiger partial charge >= 0.3 is 0 Å². The van der Waals surface area contributed by atoms with E-state index in [0.717, 1.165) is 0 Å². The molecule has 9 heavy (non-hydrogen) atoms. The van der Waals surface area contributed by atoms with E-state index in [0.29, 0.717) is 11.8 Å². The average molecular weight is 129 g/mol. The highest BCUT2D eigenvalue weighted by atomic mass is 16.3. The summed E-state index contributed by atoms with van der Waals surface area (Å²) in [6.07, 6.45) is 1.73. The van der Waals surface area contributed by atoms with Crippen LogP contribution in [0.15, 0.2) is 0 Å². The average Bonchev–Trinajstić information content (AvgIpc) is 1.63. The fourth-order valence-corrected chi connectivity index (χ4v) is 0.617. The lowest BCUT2D eigenvalue weighted by molar-refractivity contribution is 0.146. The van der Waals surface area contributed by atoms with Crippen LogP contribution in [0.5, 0.6) is 0 Å². The minimum Gasteiger partial charge on any atom is -0.393 e. The lowest BCUT2D eigenvalue weighted by atomic mass is 9.98. The zero-order valence-electron chi connectivity index (χ0n) is 6.76. The molecule has 0 aromatic carbocycles. The molecule has 0 heterocycles. The molecule has 0 aliphatic carbocycles. The van der Waals surface area contributed by atoms with Gasteiger partial charge in [0.15, 0.2) is 0 Å². The van der Waals surface area contributed by atoms with Gasteiger partial charge in [-0.1, -0.05) is 27.7 Å². The first-order chi connectivity index (χ1) is 4.04. The molecule has 0 saturated carbocycles. The van der Waals surface area contributed by atoms with E-state index in [1.54, 1.807) is 0 Å². The van der Waals surface area contributed by atoms with Gasteiger partial charge in [0.2, 0.25) is 0 Å². The molecule has 0 spiro atoms. The quantitative estimate of drug-likeness (QED) is 0.616. The molecule has 0 aliphatic heterocycles. The molecule has 0 bridgehead atoms. The Bertz CT molecular complexity index is 67.0. The molecule has 0 amide bonds. The lowest BCUT2D eigenvalue weighted by Gasteiger charge is -2.15. The van der Waals surface area contributed by atoms with E-state index >= 15 is 0 Å². The molecule has 0 fully saturated rings. The van der Waals surface area contributed by atoms with Crippen LogP contribution in [0.2, 0.25) is 0 Å². The van der Waals surface area contributed by atoms with Gasteiger partial charge in [0.1, 0.15) is 0 Å². The number of aliphatic hydroxyl groups is 1. The van der Waals surface area contributed by atoms with Crippen LogP contribution in [0.25, 0.3) is 0 Å². The summed E-state index contributed by atoms with van der Waals surface area (Å²) >= 11 is 0. The summed E-state index contributed by atoms with van der Waals surface area (Å²) in [7, 11) is 0. The van der Waals surface area contributed by atoms with Crippen molar-refractivity contribution in [1.82, 2.24) is 0 Å². The van der Waals surface area contributed by atoms with E-state index in [1.165, 1.54) is 0 Å². The first-order valence-electron chi connectivity index (χ1n) is 3.57. The molecule has 0 aromatic rings. The number of rotatable bonds is 3. The third kappa shape index (κ3) is 4.46. The van der Waals surface area contributed by atoms with Crippen molar-refractivity contribution in [3.63, 3.8) is 0 Å². The fourth-order valence-electron chi connectivity index (χ4n) is 0.617. The lowest BCUT2D eigenvalue weighted by Crippen LogP contribution is -2.17. The molecular formula is C8H17O. The van der Waals surface area contributed by atoms with E-state index in [4.69, 9.17) is 0 Å². The summed E-state index contributed by atoms with van der Waals surface area (Å²) in [5, 5.41) is 9.24. The van der Waals surface area contributed by atoms with Gasteiger partial charge in [0.05, 0.1) is 6.10 Å². The normalized spacial score (nSPS) is 15.0. The Morgan fingerprint density at radius 2 is 1.56 bits per heavy atom. The molecule has 1 N–H and O–H groups in total. The molecule has 1 heteroatoms. The maximum Gasteiger partial charge on any atom is 0.0597 e. The number of aliphatic hydroxyl groups excluding tert-OH is 1. The van der Waals surface area contributed by atoms with E-state index in [2.05, 4.69) is 13.8 Å². The first-order valence-corrected chi connectivity index (χ1v) is 3.57. The molecule has 0 aromatic heterocycles. The van der Waals surface area contributed by atoms with Gasteiger partial charge in [-0.05, 0) is 18.3 Å². The second-order valence-corrected chi connectivity index (χ2v) is 3.17. The van der Waals surface area contributed by atoms with Gasteiger partial charge in [-0.15, -0.1) is 0 Å². The van der Waals surface area contributed by atoms with Crippen LogP contribution in [0.4, 0.5) is 0 Å². The second kappa shape index (κ2) is 3.89. The Hall–Kier alpha value is -0.0400. The molecule has 55 valence electrons. The monoisotopic (exact) mass is 129 g/mol. The van der Waals surface area contributed by atoms with Gasteiger partial charge in [-0.25, -0.2) is 0 Å². The predicted molar refractivity (Wildman–Crippen MR) is 40.0 cm³/mol. The Labute approximate surface area is 58.1 Å². The summed E-state index contributed by atoms with van der Waals surface area (Å²) in [6.45, 7) is 8.18. The van der Waals surface area contributed by atoms with Gasteiger partial charge in [-0.2, -0.15) is 0 Å². The van der Waals surface area contributed by atoms with Crippen LogP contribution in [0, 0.1) is 18.3 Å². The minimum atomic E-state index is -0.231. The van der Waals surface area contributed by atoms with Gasteiger partial charge in [-0.3, -0.25) is 0 Å². The standard InChI is InChI=1S/C8H17O/c1-6(2)5-8(9)7(3)4/h5-9H,1-4H3/t8-/m1/s1. The molecular weight excluding hydrogens is 112 g/mol. The van der Waals surface area contributed by atoms with Gasteiger partial charge in [0.25, 0.3) is 0 Å². The van der Waals surface area contributed by atoms with Crippen molar-refractivity contribution in [1.29, 1.82) is 0 Å². The predicted octanol–water partition coefficient (Wildman–Crippen LogP) is 1.86. The second-order valence-electron chi connectivity index (χ2n) is 3.17. The first kappa shape index (κ1) is 8.96. The summed E-state index contributed by atoms with van der Waals surface area (Å²) in [6, 6.07) is 0. The van der Waals surface area contributed by atoms with Crippen molar-refractivity contribution in [2.75, 3.05) is 0 Å².